The Morgan fingerprint density at radius 3 is 1.27 bits per heavy atom. The molecule has 1 saturated heterocycles. The van der Waals surface area contributed by atoms with Crippen LogP contribution in [0.15, 0.2) is 64.7 Å². The third-order valence-corrected chi connectivity index (χ3v) is 14.6. The van der Waals surface area contributed by atoms with E-state index in [0.717, 1.165) is 113 Å². The molecule has 0 aliphatic carbocycles. The number of aliphatic hydroxyl groups excluding tert-OH is 1. The Morgan fingerprint density at radius 2 is 1.02 bits per heavy atom. The van der Waals surface area contributed by atoms with Gasteiger partial charge >= 0.3 is 48.3 Å². The molecule has 0 aromatic rings. The van der Waals surface area contributed by atoms with Crippen LogP contribution in [0.4, 0.5) is 39.5 Å². The Balaban J connectivity index is -0.000000119. The number of epoxide rings is 1. The number of carbonyl (C=O) groups excluding carboxylic acids is 1. The van der Waals surface area contributed by atoms with Gasteiger partial charge in [0.2, 0.25) is 5.91 Å². The molecule has 2 heterocycles. The topological polar surface area (TPSA) is 235 Å². The first kappa shape index (κ1) is 96.9. The molecule has 2 aliphatic heterocycles. The van der Waals surface area contributed by atoms with Crippen LogP contribution >= 0.6 is 0 Å². The number of aliphatic imine (C=N–C) groups is 1. The van der Waals surface area contributed by atoms with Crippen molar-refractivity contribution in [1.82, 2.24) is 4.90 Å². The van der Waals surface area contributed by atoms with E-state index in [1.54, 1.807) is 13.0 Å². The molecule has 1 amide bonds. The molecule has 0 saturated carbocycles. The molecular formula is C56H107F9N2O14S3. The maximum atomic E-state index is 11.9. The fourth-order valence-electron chi connectivity index (χ4n) is 5.02. The molecule has 1 fully saturated rings. The lowest BCUT2D eigenvalue weighted by Crippen LogP contribution is -2.34. The Morgan fingerprint density at radius 1 is 0.667 bits per heavy atom. The minimum atomic E-state index is -6.85. The van der Waals surface area contributed by atoms with Crippen LogP contribution in [0.5, 0.6) is 0 Å². The third kappa shape index (κ3) is 60.3. The number of nitrogens with zero attached hydrogens (tertiary/aromatic N) is 2. The first-order valence-corrected chi connectivity index (χ1v) is 31.1. The molecule has 28 heteroatoms. The monoisotopic (exact) mass is 1300 g/mol. The summed E-state index contributed by atoms with van der Waals surface area (Å²) in [4.78, 5) is 17.1. The molecule has 84 heavy (non-hydrogen) atoms. The number of allylic oxidation sites excluding steroid dienone is 8. The van der Waals surface area contributed by atoms with Gasteiger partial charge in [-0.2, -0.15) is 64.8 Å². The van der Waals surface area contributed by atoms with Gasteiger partial charge in [-0.1, -0.05) is 142 Å². The molecule has 506 valence electrons. The lowest BCUT2D eigenvalue weighted by atomic mass is 10.0. The summed E-state index contributed by atoms with van der Waals surface area (Å²) in [5.74, 6) is 3.12. The molecule has 2 rings (SSSR count). The summed E-state index contributed by atoms with van der Waals surface area (Å²) >= 11 is 0. The standard InChI is InChI=1S/C18H35NO2.C12H21F3O3S.C11H22O.C5H8.C4H7NO.C2F6O5S2.C2H4O.2CH4.H2O/c1-6-12-19(18(5)20)13-15-21-14-8-9-17(4)11-10-16(3)7-2;1-4-10(2)7-8-11(3)6-5-9-18-19(16,17)12(13,14)15;1-4-10(2)7-8-11(3)6-5-9-12;1-4-5(2)3;1-4-5-2-3-6-4;3-1(4,5)14(9,10)13-15(11,12)2(6,7)8;1-2-3-1;;;/h11,16H,6-10,12-15H2,1-5H3;8,10H,4-7,9H2,1-3H3;8,10,12H,4-7,9H2,1-3H3;4H,1-2H2,3H3;2-3H2,1H3;;1-2H2;2*1H4;1H2. The Labute approximate surface area is 502 Å². The van der Waals surface area contributed by atoms with Crippen LogP contribution in [0.3, 0.4) is 0 Å². The lowest BCUT2D eigenvalue weighted by Gasteiger charge is -2.20. The van der Waals surface area contributed by atoms with E-state index in [0.29, 0.717) is 32.1 Å². The number of alkyl halides is 9. The van der Waals surface area contributed by atoms with Crippen molar-refractivity contribution < 1.29 is 104 Å². The SMILES string of the molecule is C.C.C1CO1.C=CC(=C)C.CC1=NCCO1.CCC(C)CC=C(C)CCCO.CCC(C)CC=C(C)CCCOS(=O)(=O)C(F)(F)F.CCCN(CCOCCCC(C)=CCC(C)CC)C(C)=O.O=S(=O)(OS(=O)(=O)C(F)(F)F)C(F)(F)F.[H+].[OH-]. The maximum absolute atomic E-state index is 11.9. The zero-order chi connectivity index (χ0) is 64.1. The van der Waals surface area contributed by atoms with Crippen LogP contribution < -0.4 is 0 Å². The quantitative estimate of drug-likeness (QED) is 0.0140. The van der Waals surface area contributed by atoms with Crippen LogP contribution in [0.25, 0.3) is 0 Å². The maximum Gasteiger partial charge on any atom is 1.00 e. The van der Waals surface area contributed by atoms with Crippen molar-refractivity contribution in [3.05, 3.63) is 59.8 Å². The van der Waals surface area contributed by atoms with Crippen molar-refractivity contribution in [3.8, 4) is 0 Å². The highest BCUT2D eigenvalue weighted by molar-refractivity contribution is 8.00. The number of hydrogen-bond donors (Lipinski definition) is 1. The number of ether oxygens (including phenoxy) is 3. The van der Waals surface area contributed by atoms with Gasteiger partial charge in [0.25, 0.3) is 0 Å². The molecule has 0 aromatic heterocycles. The summed E-state index contributed by atoms with van der Waals surface area (Å²) in [5.41, 5.74) is -12.9. The second-order valence-corrected chi connectivity index (χ2v) is 23.9. The predicted molar refractivity (Wildman–Crippen MR) is 320 cm³/mol. The summed E-state index contributed by atoms with van der Waals surface area (Å²) in [5, 5.41) is 8.61. The minimum absolute atomic E-state index is 0. The molecule has 3 atom stereocenters. The smallest absolute Gasteiger partial charge is 0.870 e. The molecule has 16 nitrogen and oxygen atoms in total. The Hall–Kier alpha value is -3.38. The van der Waals surface area contributed by atoms with Gasteiger partial charge in [-0.05, 0) is 110 Å². The van der Waals surface area contributed by atoms with Crippen molar-refractivity contribution in [2.24, 2.45) is 22.7 Å². The van der Waals surface area contributed by atoms with Crippen LogP contribution in [0.1, 0.15) is 190 Å². The van der Waals surface area contributed by atoms with Crippen molar-refractivity contribution in [1.29, 1.82) is 0 Å². The van der Waals surface area contributed by atoms with E-state index in [4.69, 9.17) is 14.6 Å². The Kier molecular flexibility index (Phi) is 62.1. The minimum Gasteiger partial charge on any atom is -0.870 e. The molecule has 2 aliphatic rings. The molecule has 2 N–H and O–H groups in total. The average Bonchev–Trinajstić information content (AvgIpc) is 4.19. The first-order chi connectivity index (χ1) is 37.2. The molecular weight excluding hydrogens is 1190 g/mol. The number of amides is 1. The summed E-state index contributed by atoms with van der Waals surface area (Å²) in [7, 11) is -19.1. The van der Waals surface area contributed by atoms with E-state index in [2.05, 4.69) is 102 Å². The van der Waals surface area contributed by atoms with Crippen molar-refractivity contribution >= 4 is 42.2 Å². The molecule has 3 unspecified atom stereocenters. The van der Waals surface area contributed by atoms with Gasteiger partial charge in [-0.25, -0.2) is 0 Å². The van der Waals surface area contributed by atoms with E-state index >= 15 is 0 Å². The summed E-state index contributed by atoms with van der Waals surface area (Å²) in [6.45, 7) is 40.5. The lowest BCUT2D eigenvalue weighted by molar-refractivity contribution is -0.129. The number of carbonyl (C=O) groups is 1. The van der Waals surface area contributed by atoms with E-state index in [1.165, 1.54) is 36.8 Å². The van der Waals surface area contributed by atoms with Gasteiger partial charge in [0.1, 0.15) is 6.61 Å². The van der Waals surface area contributed by atoms with Crippen molar-refractivity contribution in [2.75, 3.05) is 65.9 Å². The van der Waals surface area contributed by atoms with Crippen LogP contribution in [0, 0.1) is 17.8 Å². The first-order valence-electron chi connectivity index (χ1n) is 26.9. The van der Waals surface area contributed by atoms with Gasteiger partial charge in [0, 0.05) is 40.2 Å². The second kappa shape index (κ2) is 53.8. The molecule has 0 bridgehead atoms. The predicted octanol–water partition coefficient (Wildman–Crippen LogP) is 15.7. The van der Waals surface area contributed by atoms with E-state index in [9.17, 15) is 69.6 Å². The van der Waals surface area contributed by atoms with Crippen LogP contribution in [0.2, 0.25) is 0 Å². The van der Waals surface area contributed by atoms with E-state index < -0.39 is 53.5 Å². The number of rotatable bonds is 29. The zero-order valence-electron chi connectivity index (χ0n) is 51.5. The van der Waals surface area contributed by atoms with Gasteiger partial charge < -0.3 is 29.7 Å². The van der Waals surface area contributed by atoms with Gasteiger partial charge in [-0.3, -0.25) is 14.0 Å². The number of halogens is 9. The second-order valence-electron chi connectivity index (χ2n) is 19.1. The number of aliphatic hydroxyl groups is 1. The highest BCUT2D eigenvalue weighted by Gasteiger charge is 2.57. The van der Waals surface area contributed by atoms with Gasteiger partial charge in [-0.15, -0.1) is 3.63 Å². The summed E-state index contributed by atoms with van der Waals surface area (Å²) < 4.78 is 186. The largest absolute Gasteiger partial charge is 1.00 e. The number of hydrogen-bond acceptors (Lipinski definition) is 15. The molecule has 0 spiro atoms. The van der Waals surface area contributed by atoms with E-state index in [-0.39, 0.29) is 34.1 Å². The van der Waals surface area contributed by atoms with Gasteiger partial charge in [0.15, 0.2) is 5.90 Å². The van der Waals surface area contributed by atoms with Gasteiger partial charge in [0.05, 0.1) is 33.0 Å². The zero-order valence-corrected chi connectivity index (χ0v) is 53.0. The fraction of sp³-hybridized carbons (Fsp3) is 0.786. The average molecular weight is 1300 g/mol. The van der Waals surface area contributed by atoms with E-state index in [1.807, 2.05) is 35.4 Å². The third-order valence-electron chi connectivity index (χ3n) is 11.0. The fourth-order valence-corrected chi connectivity index (χ4v) is 7.05. The highest BCUT2D eigenvalue weighted by Crippen LogP contribution is 2.32. The summed E-state index contributed by atoms with van der Waals surface area (Å²) in [6, 6.07) is 0. The van der Waals surface area contributed by atoms with Crippen LogP contribution in [-0.2, 0) is 57.2 Å². The van der Waals surface area contributed by atoms with Crippen molar-refractivity contribution in [2.45, 2.75) is 205 Å². The molecule has 0 aromatic carbocycles. The molecule has 0 radical (unpaired) electrons. The summed E-state index contributed by atoms with van der Waals surface area (Å²) in [6.07, 6.45) is 21.2. The van der Waals surface area contributed by atoms with Crippen molar-refractivity contribution in [3.63, 3.8) is 0 Å². The highest BCUT2D eigenvalue weighted by atomic mass is 32.3. The normalized spacial score (nSPS) is 14.4. The van der Waals surface area contributed by atoms with Crippen LogP contribution in [-0.4, -0.2) is 135 Å². The Bertz CT molecular complexity index is 2110.